The summed E-state index contributed by atoms with van der Waals surface area (Å²) in [5.74, 6) is 1.73. The van der Waals surface area contributed by atoms with Crippen LogP contribution in [0.15, 0.2) is 12.1 Å². The summed E-state index contributed by atoms with van der Waals surface area (Å²) in [6, 6.07) is 2.89. The summed E-state index contributed by atoms with van der Waals surface area (Å²) < 4.78 is 15.8. The van der Waals surface area contributed by atoms with Crippen LogP contribution in [0, 0.1) is 5.92 Å². The molecule has 2 amide bonds. The summed E-state index contributed by atoms with van der Waals surface area (Å²) in [6.45, 7) is 4.52. The van der Waals surface area contributed by atoms with Gasteiger partial charge < -0.3 is 19.9 Å². The largest absolute Gasteiger partial charge is 0.493 e. The number of rotatable bonds is 6. The van der Waals surface area contributed by atoms with E-state index in [1.54, 1.807) is 12.1 Å². The van der Waals surface area contributed by atoms with Crippen LogP contribution in [0.2, 0.25) is 0 Å². The second-order valence-corrected chi connectivity index (χ2v) is 4.73. The van der Waals surface area contributed by atoms with Crippen LogP contribution in [0.5, 0.6) is 17.2 Å². The number of hydrogen-bond acceptors (Lipinski definition) is 4. The Bertz CT molecular complexity index is 449. The standard InChI is InChI=1S/C14H22N2O4/c1-9(2)8-16(14(15)17)10-6-11(18-3)13(20-5)12(7-10)19-4/h6-7,9H,8H2,1-5H3,(H2,15,17). The van der Waals surface area contributed by atoms with Crippen molar-refractivity contribution >= 4 is 11.7 Å². The van der Waals surface area contributed by atoms with E-state index in [4.69, 9.17) is 19.9 Å². The maximum atomic E-state index is 11.6. The van der Waals surface area contributed by atoms with Crippen molar-refractivity contribution in [3.8, 4) is 17.2 Å². The summed E-state index contributed by atoms with van der Waals surface area (Å²) >= 11 is 0. The van der Waals surface area contributed by atoms with E-state index in [1.165, 1.54) is 26.2 Å². The molecule has 0 aliphatic heterocycles. The predicted octanol–water partition coefficient (Wildman–Crippen LogP) is 2.25. The van der Waals surface area contributed by atoms with Gasteiger partial charge >= 0.3 is 6.03 Å². The highest BCUT2D eigenvalue weighted by Crippen LogP contribution is 2.41. The second-order valence-electron chi connectivity index (χ2n) is 4.73. The highest BCUT2D eigenvalue weighted by atomic mass is 16.5. The third kappa shape index (κ3) is 3.46. The Labute approximate surface area is 119 Å². The van der Waals surface area contributed by atoms with Crippen molar-refractivity contribution < 1.29 is 19.0 Å². The number of nitrogens with zero attached hydrogens (tertiary/aromatic N) is 1. The van der Waals surface area contributed by atoms with E-state index in [0.717, 1.165) is 0 Å². The number of anilines is 1. The molecule has 2 N–H and O–H groups in total. The number of benzene rings is 1. The fourth-order valence-electron chi connectivity index (χ4n) is 1.91. The zero-order valence-electron chi connectivity index (χ0n) is 12.6. The Morgan fingerprint density at radius 1 is 1.15 bits per heavy atom. The zero-order valence-corrected chi connectivity index (χ0v) is 12.6. The fourth-order valence-corrected chi connectivity index (χ4v) is 1.91. The number of amides is 2. The molecule has 0 spiro atoms. The third-order valence-corrected chi connectivity index (χ3v) is 2.77. The number of carbonyl (C=O) groups is 1. The van der Waals surface area contributed by atoms with Gasteiger partial charge in [-0.2, -0.15) is 0 Å². The zero-order chi connectivity index (χ0) is 15.3. The smallest absolute Gasteiger partial charge is 0.319 e. The molecule has 1 rings (SSSR count). The topological polar surface area (TPSA) is 74.0 Å². The molecular formula is C14H22N2O4. The van der Waals surface area contributed by atoms with Gasteiger partial charge in [0, 0.05) is 18.7 Å². The van der Waals surface area contributed by atoms with Crippen molar-refractivity contribution in [1.82, 2.24) is 0 Å². The second kappa shape index (κ2) is 6.88. The van der Waals surface area contributed by atoms with Crippen LogP contribution >= 0.6 is 0 Å². The maximum absolute atomic E-state index is 11.6. The van der Waals surface area contributed by atoms with E-state index < -0.39 is 6.03 Å². The van der Waals surface area contributed by atoms with Crippen molar-refractivity contribution in [2.45, 2.75) is 13.8 Å². The van der Waals surface area contributed by atoms with Gasteiger partial charge in [0.05, 0.1) is 27.0 Å². The number of nitrogens with two attached hydrogens (primary N) is 1. The van der Waals surface area contributed by atoms with Crippen LogP contribution in [0.3, 0.4) is 0 Å². The monoisotopic (exact) mass is 282 g/mol. The first kappa shape index (κ1) is 15.9. The van der Waals surface area contributed by atoms with Crippen molar-refractivity contribution in [2.24, 2.45) is 11.7 Å². The van der Waals surface area contributed by atoms with Gasteiger partial charge in [0.25, 0.3) is 0 Å². The molecule has 0 heterocycles. The van der Waals surface area contributed by atoms with Crippen LogP contribution in [-0.2, 0) is 0 Å². The average Bonchev–Trinajstić information content (AvgIpc) is 2.42. The fraction of sp³-hybridized carbons (Fsp3) is 0.500. The van der Waals surface area contributed by atoms with Gasteiger partial charge in [0.1, 0.15) is 0 Å². The van der Waals surface area contributed by atoms with E-state index in [-0.39, 0.29) is 5.92 Å². The number of urea groups is 1. The molecule has 0 aliphatic rings. The van der Waals surface area contributed by atoms with Crippen LogP contribution in [0.25, 0.3) is 0 Å². The molecule has 0 radical (unpaired) electrons. The van der Waals surface area contributed by atoms with Gasteiger partial charge in [-0.05, 0) is 5.92 Å². The minimum absolute atomic E-state index is 0.279. The summed E-state index contributed by atoms with van der Waals surface area (Å²) in [4.78, 5) is 13.1. The molecule has 112 valence electrons. The lowest BCUT2D eigenvalue weighted by Gasteiger charge is -2.24. The molecule has 1 aromatic rings. The van der Waals surface area contributed by atoms with Gasteiger partial charge in [0.15, 0.2) is 11.5 Å². The summed E-state index contributed by atoms with van der Waals surface area (Å²) in [7, 11) is 4.58. The average molecular weight is 282 g/mol. The van der Waals surface area contributed by atoms with E-state index in [9.17, 15) is 4.79 Å². The Balaban J connectivity index is 3.32. The highest BCUT2D eigenvalue weighted by Gasteiger charge is 2.20. The molecule has 20 heavy (non-hydrogen) atoms. The molecule has 0 fully saturated rings. The van der Waals surface area contributed by atoms with Crippen molar-refractivity contribution in [3.05, 3.63) is 12.1 Å². The lowest BCUT2D eigenvalue weighted by molar-refractivity contribution is 0.253. The number of ether oxygens (including phenoxy) is 3. The van der Waals surface area contributed by atoms with Gasteiger partial charge in [-0.3, -0.25) is 4.90 Å². The summed E-state index contributed by atoms with van der Waals surface area (Å²) in [5, 5.41) is 0. The Morgan fingerprint density at radius 3 is 1.95 bits per heavy atom. The quantitative estimate of drug-likeness (QED) is 0.868. The molecule has 0 saturated heterocycles. The normalized spacial score (nSPS) is 10.3. The third-order valence-electron chi connectivity index (χ3n) is 2.77. The van der Waals surface area contributed by atoms with Crippen LogP contribution in [-0.4, -0.2) is 33.9 Å². The first-order chi connectivity index (χ1) is 9.44. The van der Waals surface area contributed by atoms with E-state index >= 15 is 0 Å². The Hall–Kier alpha value is -2.11. The van der Waals surface area contributed by atoms with E-state index in [1.807, 2.05) is 13.8 Å². The molecule has 0 saturated carbocycles. The molecule has 0 aromatic heterocycles. The van der Waals surface area contributed by atoms with Crippen LogP contribution in [0.1, 0.15) is 13.8 Å². The number of primary amides is 1. The predicted molar refractivity (Wildman–Crippen MR) is 77.9 cm³/mol. The number of hydrogen-bond donors (Lipinski definition) is 1. The minimum Gasteiger partial charge on any atom is -0.493 e. The SMILES string of the molecule is COc1cc(N(CC(C)C)C(N)=O)cc(OC)c1OC. The van der Waals surface area contributed by atoms with Gasteiger partial charge in [-0.15, -0.1) is 0 Å². The molecule has 0 unspecified atom stereocenters. The van der Waals surface area contributed by atoms with E-state index in [0.29, 0.717) is 29.5 Å². The van der Waals surface area contributed by atoms with Crippen LogP contribution < -0.4 is 24.8 Å². The van der Waals surface area contributed by atoms with E-state index in [2.05, 4.69) is 0 Å². The Morgan fingerprint density at radius 2 is 1.65 bits per heavy atom. The minimum atomic E-state index is -0.520. The lowest BCUT2D eigenvalue weighted by Crippen LogP contribution is -2.38. The molecule has 0 aliphatic carbocycles. The lowest BCUT2D eigenvalue weighted by atomic mass is 10.1. The van der Waals surface area contributed by atoms with Gasteiger partial charge in [0.2, 0.25) is 5.75 Å². The molecular weight excluding hydrogens is 260 g/mol. The number of carbonyl (C=O) groups excluding carboxylic acids is 1. The molecule has 0 bridgehead atoms. The number of methoxy groups -OCH3 is 3. The van der Waals surface area contributed by atoms with Crippen molar-refractivity contribution in [2.75, 3.05) is 32.8 Å². The first-order valence-corrected chi connectivity index (χ1v) is 6.31. The van der Waals surface area contributed by atoms with Gasteiger partial charge in [-0.1, -0.05) is 13.8 Å². The Kier molecular flexibility index (Phi) is 5.49. The molecule has 0 atom stereocenters. The molecule has 6 nitrogen and oxygen atoms in total. The molecule has 6 heteroatoms. The van der Waals surface area contributed by atoms with Gasteiger partial charge in [-0.25, -0.2) is 4.79 Å². The highest BCUT2D eigenvalue weighted by molar-refractivity contribution is 5.91. The molecule has 1 aromatic carbocycles. The van der Waals surface area contributed by atoms with Crippen molar-refractivity contribution in [3.63, 3.8) is 0 Å². The van der Waals surface area contributed by atoms with Crippen molar-refractivity contribution in [1.29, 1.82) is 0 Å². The van der Waals surface area contributed by atoms with Crippen LogP contribution in [0.4, 0.5) is 10.5 Å². The summed E-state index contributed by atoms with van der Waals surface area (Å²) in [6.07, 6.45) is 0. The first-order valence-electron chi connectivity index (χ1n) is 6.31. The summed E-state index contributed by atoms with van der Waals surface area (Å²) in [5.41, 5.74) is 6.06. The maximum Gasteiger partial charge on any atom is 0.319 e.